The highest BCUT2D eigenvalue weighted by Crippen LogP contribution is 2.28. The lowest BCUT2D eigenvalue weighted by Crippen LogP contribution is -2.45. The van der Waals surface area contributed by atoms with Gasteiger partial charge in [0.1, 0.15) is 4.90 Å². The minimum absolute atomic E-state index is 0.0767. The minimum atomic E-state index is -3.70. The van der Waals surface area contributed by atoms with Crippen molar-refractivity contribution >= 4 is 27.5 Å². The molecular weight excluding hydrogens is 396 g/mol. The molecule has 7 heteroatoms. The normalized spacial score (nSPS) is 18.0. The lowest BCUT2D eigenvalue weighted by atomic mass is 9.99. The van der Waals surface area contributed by atoms with Crippen LogP contribution in [0.2, 0.25) is 5.02 Å². The van der Waals surface area contributed by atoms with Gasteiger partial charge < -0.3 is 5.32 Å². The monoisotopic (exact) mass is 420 g/mol. The van der Waals surface area contributed by atoms with Crippen molar-refractivity contribution in [2.75, 3.05) is 19.6 Å². The Balaban J connectivity index is 1.54. The van der Waals surface area contributed by atoms with Crippen LogP contribution in [0.5, 0.6) is 0 Å². The van der Waals surface area contributed by atoms with Crippen molar-refractivity contribution in [2.45, 2.75) is 30.6 Å². The SMILES string of the molecule is O=C(NCCCc1ccccc1)C1CCCN(S(=O)(=O)c2ccccc2Cl)C1. The zero-order chi connectivity index (χ0) is 20.0. The van der Waals surface area contributed by atoms with E-state index in [0.29, 0.717) is 25.9 Å². The summed E-state index contributed by atoms with van der Waals surface area (Å²) in [5.41, 5.74) is 1.24. The fraction of sp³-hybridized carbons (Fsp3) is 0.381. The predicted molar refractivity (Wildman–Crippen MR) is 111 cm³/mol. The van der Waals surface area contributed by atoms with E-state index < -0.39 is 10.0 Å². The molecule has 1 aliphatic rings. The van der Waals surface area contributed by atoms with Crippen LogP contribution >= 0.6 is 11.6 Å². The molecule has 1 heterocycles. The van der Waals surface area contributed by atoms with Gasteiger partial charge in [-0.25, -0.2) is 8.42 Å². The third-order valence-electron chi connectivity index (χ3n) is 4.99. The second kappa shape index (κ2) is 9.54. The minimum Gasteiger partial charge on any atom is -0.356 e. The standard InChI is InChI=1S/C21H25ClN2O3S/c22-19-12-4-5-13-20(19)28(26,27)24-15-7-11-18(16-24)21(25)23-14-6-10-17-8-2-1-3-9-17/h1-5,8-9,12-13,18H,6-7,10-11,14-16H2,(H,23,25). The van der Waals surface area contributed by atoms with Crippen LogP contribution in [-0.2, 0) is 21.2 Å². The van der Waals surface area contributed by atoms with E-state index in [1.165, 1.54) is 15.9 Å². The molecule has 1 N–H and O–H groups in total. The zero-order valence-electron chi connectivity index (χ0n) is 15.7. The van der Waals surface area contributed by atoms with Gasteiger partial charge in [-0.05, 0) is 43.4 Å². The fourth-order valence-electron chi connectivity index (χ4n) is 3.46. The maximum atomic E-state index is 12.9. The van der Waals surface area contributed by atoms with Crippen LogP contribution in [0, 0.1) is 5.92 Å². The summed E-state index contributed by atoms with van der Waals surface area (Å²) in [6.07, 6.45) is 3.10. The number of benzene rings is 2. The van der Waals surface area contributed by atoms with Gasteiger partial charge >= 0.3 is 0 Å². The quantitative estimate of drug-likeness (QED) is 0.697. The molecule has 0 radical (unpaired) electrons. The van der Waals surface area contributed by atoms with Crippen LogP contribution in [0.25, 0.3) is 0 Å². The molecule has 1 fully saturated rings. The highest BCUT2D eigenvalue weighted by Gasteiger charge is 2.34. The van der Waals surface area contributed by atoms with E-state index in [1.54, 1.807) is 18.2 Å². The van der Waals surface area contributed by atoms with Gasteiger partial charge in [-0.15, -0.1) is 0 Å². The first-order chi connectivity index (χ1) is 13.5. The average Bonchev–Trinajstić information content (AvgIpc) is 2.72. The van der Waals surface area contributed by atoms with Crippen LogP contribution < -0.4 is 5.32 Å². The highest BCUT2D eigenvalue weighted by atomic mass is 35.5. The van der Waals surface area contributed by atoms with Crippen LogP contribution in [0.3, 0.4) is 0 Å². The number of amides is 1. The van der Waals surface area contributed by atoms with E-state index in [9.17, 15) is 13.2 Å². The molecule has 1 unspecified atom stereocenters. The number of carbonyl (C=O) groups excluding carboxylic acids is 1. The molecule has 1 amide bonds. The van der Waals surface area contributed by atoms with Gasteiger partial charge in [-0.2, -0.15) is 4.31 Å². The molecule has 0 saturated carbocycles. The van der Waals surface area contributed by atoms with Crippen molar-refractivity contribution in [3.05, 3.63) is 65.2 Å². The summed E-state index contributed by atoms with van der Waals surface area (Å²) in [5.74, 6) is -0.408. The van der Waals surface area contributed by atoms with Gasteiger partial charge in [0.25, 0.3) is 0 Å². The van der Waals surface area contributed by atoms with E-state index >= 15 is 0 Å². The molecular formula is C21H25ClN2O3S. The molecule has 1 saturated heterocycles. The third-order valence-corrected chi connectivity index (χ3v) is 7.36. The molecule has 2 aromatic carbocycles. The van der Waals surface area contributed by atoms with Gasteiger partial charge in [0, 0.05) is 19.6 Å². The first-order valence-electron chi connectivity index (χ1n) is 9.55. The summed E-state index contributed by atoms with van der Waals surface area (Å²) >= 11 is 6.08. The Hall–Kier alpha value is -1.89. The molecule has 0 spiro atoms. The lowest BCUT2D eigenvalue weighted by molar-refractivity contribution is -0.126. The van der Waals surface area contributed by atoms with Gasteiger partial charge in [0.05, 0.1) is 10.9 Å². The highest BCUT2D eigenvalue weighted by molar-refractivity contribution is 7.89. The number of sulfonamides is 1. The van der Waals surface area contributed by atoms with Crippen LogP contribution in [0.4, 0.5) is 0 Å². The Bertz CT molecular complexity index is 903. The molecule has 0 bridgehead atoms. The summed E-state index contributed by atoms with van der Waals surface area (Å²) in [5, 5.41) is 3.16. The maximum Gasteiger partial charge on any atom is 0.244 e. The first kappa shape index (κ1) is 20.8. The zero-order valence-corrected chi connectivity index (χ0v) is 17.3. The largest absolute Gasteiger partial charge is 0.356 e. The molecule has 0 aliphatic carbocycles. The Labute approximate surface area is 171 Å². The summed E-state index contributed by atoms with van der Waals surface area (Å²) in [6.45, 7) is 1.19. The van der Waals surface area contributed by atoms with Crippen molar-refractivity contribution in [3.63, 3.8) is 0 Å². The third kappa shape index (κ3) is 5.13. The van der Waals surface area contributed by atoms with Crippen molar-refractivity contribution in [1.29, 1.82) is 0 Å². The van der Waals surface area contributed by atoms with Crippen LogP contribution in [-0.4, -0.2) is 38.3 Å². The number of halogens is 1. The van der Waals surface area contributed by atoms with E-state index in [1.807, 2.05) is 18.2 Å². The fourth-order valence-corrected chi connectivity index (χ4v) is 5.48. The van der Waals surface area contributed by atoms with E-state index in [2.05, 4.69) is 17.4 Å². The number of hydrogen-bond donors (Lipinski definition) is 1. The number of nitrogens with zero attached hydrogens (tertiary/aromatic N) is 1. The van der Waals surface area contributed by atoms with E-state index in [-0.39, 0.29) is 28.3 Å². The number of hydrogen-bond acceptors (Lipinski definition) is 3. The average molecular weight is 421 g/mol. The number of nitrogens with one attached hydrogen (secondary N) is 1. The number of aryl methyl sites for hydroxylation is 1. The number of piperidine rings is 1. The van der Waals surface area contributed by atoms with E-state index in [0.717, 1.165) is 12.8 Å². The topological polar surface area (TPSA) is 66.5 Å². The second-order valence-electron chi connectivity index (χ2n) is 7.01. The Morgan fingerprint density at radius 2 is 1.82 bits per heavy atom. The molecule has 3 rings (SSSR count). The number of carbonyl (C=O) groups is 1. The van der Waals surface area contributed by atoms with E-state index in [4.69, 9.17) is 11.6 Å². The molecule has 0 aromatic heterocycles. The number of rotatable bonds is 7. The molecule has 2 aromatic rings. The first-order valence-corrected chi connectivity index (χ1v) is 11.4. The van der Waals surface area contributed by atoms with Gasteiger partial charge in [0.15, 0.2) is 0 Å². The maximum absolute atomic E-state index is 12.9. The van der Waals surface area contributed by atoms with Crippen LogP contribution in [0.15, 0.2) is 59.5 Å². The molecule has 1 atom stereocenters. The molecule has 1 aliphatic heterocycles. The summed E-state index contributed by atoms with van der Waals surface area (Å²) in [7, 11) is -3.70. The molecule has 150 valence electrons. The van der Waals surface area contributed by atoms with Crippen molar-refractivity contribution in [1.82, 2.24) is 9.62 Å². The Kier molecular flexibility index (Phi) is 7.10. The predicted octanol–water partition coefficient (Wildman–Crippen LogP) is 3.49. The summed E-state index contributed by atoms with van der Waals surface area (Å²) in [6, 6.07) is 16.6. The lowest BCUT2D eigenvalue weighted by Gasteiger charge is -2.31. The van der Waals surface area contributed by atoms with Crippen LogP contribution in [0.1, 0.15) is 24.8 Å². The smallest absolute Gasteiger partial charge is 0.244 e. The van der Waals surface area contributed by atoms with Crippen molar-refractivity contribution in [3.8, 4) is 0 Å². The summed E-state index contributed by atoms with van der Waals surface area (Å²) < 4.78 is 27.2. The van der Waals surface area contributed by atoms with Gasteiger partial charge in [-0.3, -0.25) is 4.79 Å². The van der Waals surface area contributed by atoms with Gasteiger partial charge in [0.2, 0.25) is 15.9 Å². The van der Waals surface area contributed by atoms with Gasteiger partial charge in [-0.1, -0.05) is 54.1 Å². The van der Waals surface area contributed by atoms with Crippen molar-refractivity contribution < 1.29 is 13.2 Å². The molecule has 5 nitrogen and oxygen atoms in total. The Morgan fingerprint density at radius 1 is 1.11 bits per heavy atom. The second-order valence-corrected chi connectivity index (χ2v) is 9.33. The summed E-state index contributed by atoms with van der Waals surface area (Å²) in [4.78, 5) is 12.6. The van der Waals surface area contributed by atoms with Crippen molar-refractivity contribution in [2.24, 2.45) is 5.92 Å². The Morgan fingerprint density at radius 3 is 2.57 bits per heavy atom. The molecule has 28 heavy (non-hydrogen) atoms.